The SMILES string of the molecule is C[C@@H](/C=C/C=C/C=O)OC(=O)c1ccccc1. The second kappa shape index (κ2) is 7.17. The summed E-state index contributed by atoms with van der Waals surface area (Å²) in [7, 11) is 0. The molecule has 0 aromatic heterocycles. The first kappa shape index (κ1) is 12.9. The van der Waals surface area contributed by atoms with Crippen molar-refractivity contribution in [2.24, 2.45) is 0 Å². The minimum absolute atomic E-state index is 0.334. The van der Waals surface area contributed by atoms with E-state index in [0.717, 1.165) is 0 Å². The predicted octanol–water partition coefficient (Wildman–Crippen LogP) is 2.54. The van der Waals surface area contributed by atoms with E-state index in [4.69, 9.17) is 4.74 Å². The monoisotopic (exact) mass is 230 g/mol. The van der Waals surface area contributed by atoms with Gasteiger partial charge in [-0.25, -0.2) is 4.79 Å². The van der Waals surface area contributed by atoms with E-state index in [9.17, 15) is 9.59 Å². The standard InChI is InChI=1S/C14H14O3/c1-12(8-4-3-7-11-15)17-14(16)13-9-5-2-6-10-13/h2-12H,1H3/b7-3+,8-4+/t12-/m0/s1. The number of hydrogen-bond donors (Lipinski definition) is 0. The van der Waals surface area contributed by atoms with E-state index < -0.39 is 0 Å². The molecule has 0 aliphatic heterocycles. The Hall–Kier alpha value is -2.16. The van der Waals surface area contributed by atoms with E-state index in [2.05, 4.69) is 0 Å². The van der Waals surface area contributed by atoms with Crippen LogP contribution in [-0.2, 0) is 9.53 Å². The second-order valence-electron chi connectivity index (χ2n) is 3.38. The third-order valence-electron chi connectivity index (χ3n) is 1.99. The Morgan fingerprint density at radius 1 is 1.18 bits per heavy atom. The molecule has 0 saturated heterocycles. The highest BCUT2D eigenvalue weighted by Gasteiger charge is 2.08. The number of ether oxygens (including phenoxy) is 1. The maximum atomic E-state index is 11.6. The van der Waals surface area contributed by atoms with Gasteiger partial charge in [-0.2, -0.15) is 0 Å². The predicted molar refractivity (Wildman–Crippen MR) is 65.7 cm³/mol. The molecule has 0 aliphatic carbocycles. The smallest absolute Gasteiger partial charge is 0.338 e. The Morgan fingerprint density at radius 2 is 1.88 bits per heavy atom. The zero-order valence-electron chi connectivity index (χ0n) is 9.58. The van der Waals surface area contributed by atoms with Gasteiger partial charge in [0.25, 0.3) is 0 Å². The molecule has 0 bridgehead atoms. The van der Waals surface area contributed by atoms with Crippen LogP contribution in [0.15, 0.2) is 54.6 Å². The summed E-state index contributed by atoms with van der Waals surface area (Å²) >= 11 is 0. The molecule has 3 nitrogen and oxygen atoms in total. The van der Waals surface area contributed by atoms with Gasteiger partial charge in [0.2, 0.25) is 0 Å². The fourth-order valence-corrected chi connectivity index (χ4v) is 1.18. The number of benzene rings is 1. The lowest BCUT2D eigenvalue weighted by molar-refractivity contribution is -0.104. The first-order valence-electron chi connectivity index (χ1n) is 5.28. The van der Waals surface area contributed by atoms with E-state index in [1.807, 2.05) is 6.07 Å². The first-order chi connectivity index (χ1) is 8.24. The number of hydrogen-bond acceptors (Lipinski definition) is 3. The number of allylic oxidation sites excluding steroid dienone is 3. The van der Waals surface area contributed by atoms with Gasteiger partial charge in [-0.15, -0.1) is 0 Å². The molecule has 0 N–H and O–H groups in total. The number of carbonyl (C=O) groups is 2. The van der Waals surface area contributed by atoms with Crippen molar-refractivity contribution >= 4 is 12.3 Å². The van der Waals surface area contributed by atoms with Crippen LogP contribution in [0.5, 0.6) is 0 Å². The molecule has 1 aromatic carbocycles. The molecule has 0 fully saturated rings. The molecule has 1 atom stereocenters. The zero-order valence-corrected chi connectivity index (χ0v) is 9.58. The Morgan fingerprint density at radius 3 is 2.53 bits per heavy atom. The third kappa shape index (κ3) is 4.93. The van der Waals surface area contributed by atoms with Gasteiger partial charge in [0, 0.05) is 0 Å². The van der Waals surface area contributed by atoms with Gasteiger partial charge in [0.15, 0.2) is 0 Å². The highest BCUT2D eigenvalue weighted by molar-refractivity contribution is 5.89. The fraction of sp³-hybridized carbons (Fsp3) is 0.143. The second-order valence-corrected chi connectivity index (χ2v) is 3.38. The summed E-state index contributed by atoms with van der Waals surface area (Å²) < 4.78 is 5.17. The number of aldehydes is 1. The summed E-state index contributed by atoms with van der Waals surface area (Å²) in [5.41, 5.74) is 0.524. The van der Waals surface area contributed by atoms with E-state index >= 15 is 0 Å². The van der Waals surface area contributed by atoms with Gasteiger partial charge in [-0.1, -0.05) is 30.4 Å². The summed E-state index contributed by atoms with van der Waals surface area (Å²) in [6, 6.07) is 8.80. The molecule has 0 aliphatic rings. The van der Waals surface area contributed by atoms with Gasteiger partial charge in [0.05, 0.1) is 5.56 Å². The largest absolute Gasteiger partial charge is 0.455 e. The van der Waals surface area contributed by atoms with Crippen LogP contribution in [0, 0.1) is 0 Å². The van der Waals surface area contributed by atoms with Crippen molar-refractivity contribution in [3.8, 4) is 0 Å². The molecule has 0 saturated carbocycles. The molecule has 3 heteroatoms. The molecule has 0 unspecified atom stereocenters. The van der Waals surface area contributed by atoms with Crippen LogP contribution < -0.4 is 0 Å². The van der Waals surface area contributed by atoms with Crippen LogP contribution in [0.2, 0.25) is 0 Å². The average Bonchev–Trinajstić information content (AvgIpc) is 2.36. The van der Waals surface area contributed by atoms with Crippen molar-refractivity contribution in [1.82, 2.24) is 0 Å². The quantitative estimate of drug-likeness (QED) is 0.338. The van der Waals surface area contributed by atoms with Crippen molar-refractivity contribution in [2.75, 3.05) is 0 Å². The van der Waals surface area contributed by atoms with Crippen molar-refractivity contribution < 1.29 is 14.3 Å². The maximum Gasteiger partial charge on any atom is 0.338 e. The summed E-state index contributed by atoms with van der Waals surface area (Å²) in [5, 5.41) is 0. The molecule has 88 valence electrons. The van der Waals surface area contributed by atoms with Crippen LogP contribution in [0.3, 0.4) is 0 Å². The first-order valence-corrected chi connectivity index (χ1v) is 5.28. The zero-order chi connectivity index (χ0) is 12.5. The third-order valence-corrected chi connectivity index (χ3v) is 1.99. The molecule has 17 heavy (non-hydrogen) atoms. The average molecular weight is 230 g/mol. The molecule has 0 amide bonds. The summed E-state index contributed by atoms with van der Waals surface area (Å²) in [6.07, 6.45) is 6.66. The Labute approximate surface area is 100 Å². The van der Waals surface area contributed by atoms with Crippen molar-refractivity contribution in [3.63, 3.8) is 0 Å². The van der Waals surface area contributed by atoms with E-state index in [-0.39, 0.29) is 12.1 Å². The highest BCUT2D eigenvalue weighted by atomic mass is 16.5. The summed E-state index contributed by atoms with van der Waals surface area (Å²) in [4.78, 5) is 21.6. The molecular formula is C14H14O3. The molecule has 1 rings (SSSR count). The van der Waals surface area contributed by atoms with E-state index in [1.54, 1.807) is 49.4 Å². The molecule has 0 spiro atoms. The minimum Gasteiger partial charge on any atom is -0.455 e. The van der Waals surface area contributed by atoms with Crippen LogP contribution in [-0.4, -0.2) is 18.4 Å². The number of rotatable bonds is 5. The van der Waals surface area contributed by atoms with Gasteiger partial charge in [-0.05, 0) is 31.2 Å². The van der Waals surface area contributed by atoms with Crippen LogP contribution in [0.1, 0.15) is 17.3 Å². The topological polar surface area (TPSA) is 43.4 Å². The molecule has 0 heterocycles. The summed E-state index contributed by atoms with van der Waals surface area (Å²) in [6.45, 7) is 1.76. The lowest BCUT2D eigenvalue weighted by Gasteiger charge is -2.08. The van der Waals surface area contributed by atoms with Crippen molar-refractivity contribution in [3.05, 3.63) is 60.2 Å². The molecular weight excluding hydrogens is 216 g/mol. The lowest BCUT2D eigenvalue weighted by Crippen LogP contribution is -2.12. The normalized spacial score (nSPS) is 12.8. The van der Waals surface area contributed by atoms with E-state index in [1.165, 1.54) is 6.08 Å². The van der Waals surface area contributed by atoms with E-state index in [0.29, 0.717) is 11.8 Å². The lowest BCUT2D eigenvalue weighted by atomic mass is 10.2. The van der Waals surface area contributed by atoms with Gasteiger partial charge in [0.1, 0.15) is 12.4 Å². The Balaban J connectivity index is 2.49. The summed E-state index contributed by atoms with van der Waals surface area (Å²) in [5.74, 6) is -0.359. The minimum atomic E-state index is -0.359. The van der Waals surface area contributed by atoms with Gasteiger partial charge >= 0.3 is 5.97 Å². The maximum absolute atomic E-state index is 11.6. The number of carbonyl (C=O) groups excluding carboxylic acids is 2. The van der Waals surface area contributed by atoms with Crippen molar-refractivity contribution in [1.29, 1.82) is 0 Å². The number of esters is 1. The Bertz CT molecular complexity index is 418. The van der Waals surface area contributed by atoms with Crippen LogP contribution >= 0.6 is 0 Å². The van der Waals surface area contributed by atoms with Gasteiger partial charge < -0.3 is 4.74 Å². The van der Waals surface area contributed by atoms with Crippen LogP contribution in [0.4, 0.5) is 0 Å². The molecule has 1 aromatic rings. The molecule has 0 radical (unpaired) electrons. The highest BCUT2D eigenvalue weighted by Crippen LogP contribution is 2.04. The van der Waals surface area contributed by atoms with Crippen LogP contribution in [0.25, 0.3) is 0 Å². The van der Waals surface area contributed by atoms with Crippen molar-refractivity contribution in [2.45, 2.75) is 13.0 Å². The van der Waals surface area contributed by atoms with Gasteiger partial charge in [-0.3, -0.25) is 4.79 Å². The Kier molecular flexibility index (Phi) is 5.44. The fourth-order valence-electron chi connectivity index (χ4n) is 1.18.